The Morgan fingerprint density at radius 1 is 1.09 bits per heavy atom. The van der Waals surface area contributed by atoms with Gasteiger partial charge < -0.3 is 18.9 Å². The standard InChI is InChI=1S/C27H30N2O5/c1-18-5-3-7-25(19(18)2)20-8-10-22(11-9-20)33-17-24-14-29-21(13-26(30)28-27(29)34-24)15-31-16-23-6-4-12-32-23/h3,5,7-11,13,23-24H,4,6,12,14-17H2,1-2H3/t23?,24-/m0/s1. The van der Waals surface area contributed by atoms with Crippen molar-refractivity contribution in [3.63, 3.8) is 0 Å². The number of rotatable bonds is 8. The van der Waals surface area contributed by atoms with Crippen LogP contribution in [0.5, 0.6) is 11.8 Å². The van der Waals surface area contributed by atoms with Gasteiger partial charge in [0.05, 0.1) is 31.6 Å². The number of fused-ring (bicyclic) bond motifs is 1. The number of hydrogen-bond acceptors (Lipinski definition) is 6. The molecule has 1 unspecified atom stereocenters. The Morgan fingerprint density at radius 3 is 2.74 bits per heavy atom. The van der Waals surface area contributed by atoms with E-state index in [0.717, 1.165) is 36.5 Å². The molecule has 0 aliphatic carbocycles. The van der Waals surface area contributed by atoms with Gasteiger partial charge in [0, 0.05) is 12.7 Å². The fourth-order valence-electron chi connectivity index (χ4n) is 4.47. The van der Waals surface area contributed by atoms with Gasteiger partial charge in [-0.2, -0.15) is 4.98 Å². The van der Waals surface area contributed by atoms with E-state index in [4.69, 9.17) is 18.9 Å². The summed E-state index contributed by atoms with van der Waals surface area (Å²) in [5, 5.41) is 0. The smallest absolute Gasteiger partial charge is 0.300 e. The Labute approximate surface area is 199 Å². The Balaban J connectivity index is 1.18. The first kappa shape index (κ1) is 22.6. The summed E-state index contributed by atoms with van der Waals surface area (Å²) in [6.45, 7) is 6.82. The van der Waals surface area contributed by atoms with Gasteiger partial charge >= 0.3 is 6.01 Å². The van der Waals surface area contributed by atoms with Crippen molar-refractivity contribution < 1.29 is 18.9 Å². The molecule has 3 heterocycles. The summed E-state index contributed by atoms with van der Waals surface area (Å²) >= 11 is 0. The zero-order chi connectivity index (χ0) is 23.5. The predicted molar refractivity (Wildman–Crippen MR) is 128 cm³/mol. The maximum Gasteiger partial charge on any atom is 0.300 e. The highest BCUT2D eigenvalue weighted by Gasteiger charge is 2.27. The highest BCUT2D eigenvalue weighted by Crippen LogP contribution is 2.28. The average molecular weight is 463 g/mol. The molecule has 5 rings (SSSR count). The van der Waals surface area contributed by atoms with E-state index < -0.39 is 0 Å². The second kappa shape index (κ2) is 9.99. The van der Waals surface area contributed by atoms with Crippen LogP contribution in [0.3, 0.4) is 0 Å². The van der Waals surface area contributed by atoms with Crippen LogP contribution in [-0.4, -0.2) is 41.6 Å². The number of hydrogen-bond donors (Lipinski definition) is 0. The van der Waals surface area contributed by atoms with Crippen molar-refractivity contribution >= 4 is 0 Å². The van der Waals surface area contributed by atoms with E-state index in [2.05, 4.69) is 49.2 Å². The molecule has 178 valence electrons. The molecule has 2 aliphatic heterocycles. The Morgan fingerprint density at radius 2 is 1.94 bits per heavy atom. The minimum Gasteiger partial charge on any atom is -0.490 e. The van der Waals surface area contributed by atoms with Crippen LogP contribution in [0.2, 0.25) is 0 Å². The Kier molecular flexibility index (Phi) is 6.65. The largest absolute Gasteiger partial charge is 0.490 e. The molecule has 7 heteroatoms. The van der Waals surface area contributed by atoms with Gasteiger partial charge in [0.1, 0.15) is 12.4 Å². The molecule has 1 fully saturated rings. The molecule has 2 atom stereocenters. The fraction of sp³-hybridized carbons (Fsp3) is 0.407. The molecule has 0 saturated carbocycles. The maximum atomic E-state index is 12.0. The molecule has 0 N–H and O–H groups in total. The minimum atomic E-state index is -0.328. The van der Waals surface area contributed by atoms with Crippen LogP contribution in [0.1, 0.15) is 29.7 Å². The third-order valence-corrected chi connectivity index (χ3v) is 6.52. The van der Waals surface area contributed by atoms with Gasteiger partial charge in [-0.3, -0.25) is 9.36 Å². The van der Waals surface area contributed by atoms with Crippen LogP contribution < -0.4 is 15.0 Å². The third kappa shape index (κ3) is 5.00. The van der Waals surface area contributed by atoms with Gasteiger partial charge in [0.2, 0.25) is 0 Å². The molecular formula is C27H30N2O5. The summed E-state index contributed by atoms with van der Waals surface area (Å²) in [5.74, 6) is 0.774. The van der Waals surface area contributed by atoms with Crippen LogP contribution in [0.4, 0.5) is 0 Å². The number of nitrogens with zero attached hydrogens (tertiary/aromatic N) is 2. The van der Waals surface area contributed by atoms with E-state index in [0.29, 0.717) is 32.4 Å². The lowest BCUT2D eigenvalue weighted by atomic mass is 9.97. The SMILES string of the molecule is Cc1cccc(-c2ccc(OC[C@@H]3Cn4c(COCC5CCCO5)cc(=O)nc4O3)cc2)c1C. The van der Waals surface area contributed by atoms with E-state index >= 15 is 0 Å². The van der Waals surface area contributed by atoms with Crippen molar-refractivity contribution in [3.8, 4) is 22.9 Å². The van der Waals surface area contributed by atoms with Crippen molar-refractivity contribution in [3.05, 3.63) is 75.7 Å². The summed E-state index contributed by atoms with van der Waals surface area (Å²) in [6.07, 6.45) is 2.00. The van der Waals surface area contributed by atoms with E-state index in [1.165, 1.54) is 22.8 Å². The summed E-state index contributed by atoms with van der Waals surface area (Å²) in [4.78, 5) is 16.0. The van der Waals surface area contributed by atoms with E-state index in [1.54, 1.807) is 0 Å². The van der Waals surface area contributed by atoms with Gasteiger partial charge in [-0.25, -0.2) is 0 Å². The van der Waals surface area contributed by atoms with Gasteiger partial charge in [-0.15, -0.1) is 0 Å². The second-order valence-corrected chi connectivity index (χ2v) is 8.95. The maximum absolute atomic E-state index is 12.0. The van der Waals surface area contributed by atoms with Crippen LogP contribution in [0, 0.1) is 13.8 Å². The molecule has 0 bridgehead atoms. The fourth-order valence-corrected chi connectivity index (χ4v) is 4.47. The first-order chi connectivity index (χ1) is 16.6. The van der Waals surface area contributed by atoms with Gasteiger partial charge in [0.15, 0.2) is 6.10 Å². The molecule has 0 radical (unpaired) electrons. The number of ether oxygens (including phenoxy) is 4. The van der Waals surface area contributed by atoms with Crippen LogP contribution in [0.15, 0.2) is 53.3 Å². The highest BCUT2D eigenvalue weighted by atomic mass is 16.6. The summed E-state index contributed by atoms with van der Waals surface area (Å²) in [5.41, 5.74) is 5.38. The molecule has 3 aromatic rings. The van der Waals surface area contributed by atoms with Crippen molar-refractivity contribution in [2.24, 2.45) is 0 Å². The van der Waals surface area contributed by atoms with Crippen LogP contribution in [0.25, 0.3) is 11.1 Å². The molecule has 1 aromatic heterocycles. The van der Waals surface area contributed by atoms with Crippen molar-refractivity contribution in [2.75, 3.05) is 19.8 Å². The Bertz CT molecular complexity index is 1200. The molecule has 1 saturated heterocycles. The topological polar surface area (TPSA) is 71.8 Å². The first-order valence-electron chi connectivity index (χ1n) is 11.8. The summed E-state index contributed by atoms with van der Waals surface area (Å²) in [6, 6.07) is 16.3. The molecule has 7 nitrogen and oxygen atoms in total. The van der Waals surface area contributed by atoms with E-state index in [9.17, 15) is 4.79 Å². The zero-order valence-electron chi connectivity index (χ0n) is 19.7. The van der Waals surface area contributed by atoms with Gasteiger partial charge in [-0.05, 0) is 61.1 Å². The number of aryl methyl sites for hydroxylation is 1. The Hall–Kier alpha value is -3.16. The number of aromatic nitrogens is 2. The summed E-state index contributed by atoms with van der Waals surface area (Å²) < 4.78 is 25.2. The second-order valence-electron chi connectivity index (χ2n) is 8.95. The minimum absolute atomic E-state index is 0.144. The quantitative estimate of drug-likeness (QED) is 0.503. The lowest BCUT2D eigenvalue weighted by Gasteiger charge is -2.13. The first-order valence-corrected chi connectivity index (χ1v) is 11.8. The molecule has 2 aromatic carbocycles. The van der Waals surface area contributed by atoms with Gasteiger partial charge in [-0.1, -0.05) is 30.3 Å². The predicted octanol–water partition coefficient (Wildman–Crippen LogP) is 4.06. The monoisotopic (exact) mass is 462 g/mol. The van der Waals surface area contributed by atoms with E-state index in [1.807, 2.05) is 16.7 Å². The van der Waals surface area contributed by atoms with E-state index in [-0.39, 0.29) is 17.8 Å². The van der Waals surface area contributed by atoms with Crippen LogP contribution in [-0.2, 0) is 22.6 Å². The van der Waals surface area contributed by atoms with Crippen molar-refractivity contribution in [1.29, 1.82) is 0 Å². The molecule has 0 amide bonds. The normalized spacial score (nSPS) is 19.1. The molecule has 0 spiro atoms. The number of benzene rings is 2. The lowest BCUT2D eigenvalue weighted by molar-refractivity contribution is 0.00873. The molecular weight excluding hydrogens is 432 g/mol. The highest BCUT2D eigenvalue weighted by molar-refractivity contribution is 5.68. The van der Waals surface area contributed by atoms with Crippen molar-refractivity contribution in [2.45, 2.75) is 52.0 Å². The summed E-state index contributed by atoms with van der Waals surface area (Å²) in [7, 11) is 0. The van der Waals surface area contributed by atoms with Crippen molar-refractivity contribution in [1.82, 2.24) is 9.55 Å². The zero-order valence-corrected chi connectivity index (χ0v) is 19.7. The van der Waals surface area contributed by atoms with Crippen LogP contribution >= 0.6 is 0 Å². The van der Waals surface area contributed by atoms with Gasteiger partial charge in [0.25, 0.3) is 5.56 Å². The lowest BCUT2D eigenvalue weighted by Crippen LogP contribution is -2.23. The third-order valence-electron chi connectivity index (χ3n) is 6.52. The molecule has 34 heavy (non-hydrogen) atoms. The molecule has 2 aliphatic rings. The average Bonchev–Trinajstić information content (AvgIpc) is 3.50.